The van der Waals surface area contributed by atoms with Crippen LogP contribution in [0.15, 0.2) is 16.5 Å². The largest absolute Gasteiger partial charge is 0.475 e. The summed E-state index contributed by atoms with van der Waals surface area (Å²) in [6.45, 7) is 6.43. The standard InChI is InChI=1S/C12H18O3S/c1-8(2)6-7-16-9(3)10-4-5-11(15-10)12(13)14/h4-5,8-9H,6-7H2,1-3H3,(H,13,14). The highest BCUT2D eigenvalue weighted by Crippen LogP contribution is 2.30. The Bertz CT molecular complexity index is 344. The van der Waals surface area contributed by atoms with Crippen molar-refractivity contribution in [3.05, 3.63) is 23.7 Å². The van der Waals surface area contributed by atoms with E-state index in [1.807, 2.05) is 6.92 Å². The van der Waals surface area contributed by atoms with Crippen molar-refractivity contribution in [2.45, 2.75) is 32.4 Å². The van der Waals surface area contributed by atoms with Crippen molar-refractivity contribution in [1.29, 1.82) is 0 Å². The minimum atomic E-state index is -1.01. The number of carbonyl (C=O) groups is 1. The van der Waals surface area contributed by atoms with E-state index in [2.05, 4.69) is 13.8 Å². The van der Waals surface area contributed by atoms with Gasteiger partial charge in [0.1, 0.15) is 5.76 Å². The summed E-state index contributed by atoms with van der Waals surface area (Å²) in [4.78, 5) is 10.6. The number of thioether (sulfide) groups is 1. The molecule has 0 saturated heterocycles. The summed E-state index contributed by atoms with van der Waals surface area (Å²) in [5, 5.41) is 8.94. The number of aromatic carboxylic acids is 1. The van der Waals surface area contributed by atoms with Gasteiger partial charge < -0.3 is 9.52 Å². The zero-order chi connectivity index (χ0) is 12.1. The molecule has 0 amide bonds. The number of furan rings is 1. The van der Waals surface area contributed by atoms with Crippen molar-refractivity contribution in [2.75, 3.05) is 5.75 Å². The lowest BCUT2D eigenvalue weighted by molar-refractivity contribution is 0.0660. The van der Waals surface area contributed by atoms with Crippen LogP contribution in [0.4, 0.5) is 0 Å². The lowest BCUT2D eigenvalue weighted by Gasteiger charge is -2.09. The Morgan fingerprint density at radius 2 is 2.12 bits per heavy atom. The first-order valence-corrected chi connectivity index (χ1v) is 6.50. The highest BCUT2D eigenvalue weighted by atomic mass is 32.2. The van der Waals surface area contributed by atoms with Crippen molar-refractivity contribution in [3.63, 3.8) is 0 Å². The average Bonchev–Trinajstić information content (AvgIpc) is 2.65. The fraction of sp³-hybridized carbons (Fsp3) is 0.583. The highest BCUT2D eigenvalue weighted by Gasteiger charge is 2.14. The van der Waals surface area contributed by atoms with Crippen LogP contribution in [0.2, 0.25) is 0 Å². The van der Waals surface area contributed by atoms with Gasteiger partial charge in [0.2, 0.25) is 5.76 Å². The summed E-state index contributed by atoms with van der Waals surface area (Å²) in [7, 11) is 0. The van der Waals surface area contributed by atoms with Crippen LogP contribution < -0.4 is 0 Å². The molecule has 16 heavy (non-hydrogen) atoms. The molecule has 1 atom stereocenters. The van der Waals surface area contributed by atoms with Crippen molar-refractivity contribution in [2.24, 2.45) is 5.92 Å². The van der Waals surface area contributed by atoms with Crippen molar-refractivity contribution in [3.8, 4) is 0 Å². The van der Waals surface area contributed by atoms with Crippen molar-refractivity contribution < 1.29 is 14.3 Å². The van der Waals surface area contributed by atoms with Gasteiger partial charge in [-0.2, -0.15) is 11.8 Å². The Kier molecular flexibility index (Phi) is 4.93. The molecule has 0 spiro atoms. The zero-order valence-corrected chi connectivity index (χ0v) is 10.7. The van der Waals surface area contributed by atoms with E-state index in [0.717, 1.165) is 11.5 Å². The summed E-state index contributed by atoms with van der Waals surface area (Å²) >= 11 is 1.80. The molecule has 0 saturated carbocycles. The van der Waals surface area contributed by atoms with Gasteiger partial charge in [0, 0.05) is 0 Å². The molecule has 1 aromatic heterocycles. The van der Waals surface area contributed by atoms with E-state index in [4.69, 9.17) is 9.52 Å². The number of rotatable bonds is 6. The zero-order valence-electron chi connectivity index (χ0n) is 9.90. The molecule has 90 valence electrons. The van der Waals surface area contributed by atoms with Crippen molar-refractivity contribution in [1.82, 2.24) is 0 Å². The van der Waals surface area contributed by atoms with Crippen LogP contribution in [0.25, 0.3) is 0 Å². The fourth-order valence-corrected chi connectivity index (χ4v) is 2.50. The normalized spacial score (nSPS) is 13.0. The van der Waals surface area contributed by atoms with E-state index < -0.39 is 5.97 Å². The van der Waals surface area contributed by atoms with Gasteiger partial charge in [-0.05, 0) is 37.1 Å². The summed E-state index contributed by atoms with van der Waals surface area (Å²) in [5.41, 5.74) is 0. The topological polar surface area (TPSA) is 50.4 Å². The summed E-state index contributed by atoms with van der Waals surface area (Å²) in [6, 6.07) is 3.26. The lowest BCUT2D eigenvalue weighted by atomic mass is 10.2. The third-order valence-electron chi connectivity index (χ3n) is 2.30. The Labute approximate surface area is 100 Å². The molecule has 1 heterocycles. The first-order chi connectivity index (χ1) is 7.50. The Morgan fingerprint density at radius 3 is 2.62 bits per heavy atom. The molecule has 1 aromatic rings. The monoisotopic (exact) mass is 242 g/mol. The fourth-order valence-electron chi connectivity index (χ4n) is 1.25. The Balaban J connectivity index is 2.46. The molecular weight excluding hydrogens is 224 g/mol. The molecule has 0 aliphatic rings. The van der Waals surface area contributed by atoms with E-state index in [9.17, 15) is 4.79 Å². The summed E-state index contributed by atoms with van der Waals surface area (Å²) < 4.78 is 5.24. The van der Waals surface area contributed by atoms with Gasteiger partial charge in [-0.25, -0.2) is 4.79 Å². The Hall–Kier alpha value is -0.900. The van der Waals surface area contributed by atoms with Crippen LogP contribution in [0.3, 0.4) is 0 Å². The molecule has 1 rings (SSSR count). The second-order valence-corrected chi connectivity index (χ2v) is 5.65. The highest BCUT2D eigenvalue weighted by molar-refractivity contribution is 7.99. The number of hydrogen-bond acceptors (Lipinski definition) is 3. The molecule has 0 radical (unpaired) electrons. The minimum Gasteiger partial charge on any atom is -0.475 e. The van der Waals surface area contributed by atoms with Crippen LogP contribution in [-0.4, -0.2) is 16.8 Å². The van der Waals surface area contributed by atoms with Crippen LogP contribution >= 0.6 is 11.8 Å². The molecule has 0 bridgehead atoms. The van der Waals surface area contributed by atoms with E-state index in [1.54, 1.807) is 17.8 Å². The third kappa shape index (κ3) is 3.93. The number of hydrogen-bond donors (Lipinski definition) is 1. The number of carboxylic acid groups (broad SMARTS) is 1. The quantitative estimate of drug-likeness (QED) is 0.824. The second kappa shape index (κ2) is 5.99. The van der Waals surface area contributed by atoms with Gasteiger partial charge in [-0.15, -0.1) is 0 Å². The molecule has 3 nitrogen and oxygen atoms in total. The van der Waals surface area contributed by atoms with Crippen LogP contribution in [0.5, 0.6) is 0 Å². The summed E-state index contributed by atoms with van der Waals surface area (Å²) in [5.74, 6) is 1.52. The van der Waals surface area contributed by atoms with E-state index in [-0.39, 0.29) is 11.0 Å². The smallest absolute Gasteiger partial charge is 0.371 e. The first-order valence-electron chi connectivity index (χ1n) is 5.45. The third-order valence-corrected chi connectivity index (χ3v) is 3.51. The molecule has 1 unspecified atom stereocenters. The van der Waals surface area contributed by atoms with Gasteiger partial charge in [-0.1, -0.05) is 13.8 Å². The van der Waals surface area contributed by atoms with Crippen LogP contribution in [-0.2, 0) is 0 Å². The van der Waals surface area contributed by atoms with E-state index in [1.165, 1.54) is 12.5 Å². The lowest BCUT2D eigenvalue weighted by Crippen LogP contribution is -1.94. The second-order valence-electron chi connectivity index (χ2n) is 4.20. The van der Waals surface area contributed by atoms with Gasteiger partial charge in [0.15, 0.2) is 0 Å². The van der Waals surface area contributed by atoms with Gasteiger partial charge in [-0.3, -0.25) is 0 Å². The van der Waals surface area contributed by atoms with Gasteiger partial charge in [0.25, 0.3) is 0 Å². The molecule has 0 aliphatic carbocycles. The van der Waals surface area contributed by atoms with E-state index >= 15 is 0 Å². The Morgan fingerprint density at radius 1 is 1.44 bits per heavy atom. The summed E-state index contributed by atoms with van der Waals surface area (Å²) in [6.07, 6.45) is 1.17. The first kappa shape index (κ1) is 13.2. The predicted octanol–water partition coefficient (Wildman–Crippen LogP) is 3.82. The average molecular weight is 242 g/mol. The number of carboxylic acids is 1. The van der Waals surface area contributed by atoms with Gasteiger partial charge >= 0.3 is 5.97 Å². The SMILES string of the molecule is CC(C)CCSC(C)c1ccc(C(=O)O)o1. The van der Waals surface area contributed by atoms with Crippen molar-refractivity contribution >= 4 is 17.7 Å². The van der Waals surface area contributed by atoms with Crippen LogP contribution in [0.1, 0.15) is 48.8 Å². The molecule has 0 aromatic carbocycles. The molecule has 0 fully saturated rings. The maximum atomic E-state index is 10.6. The van der Waals surface area contributed by atoms with Crippen LogP contribution in [0, 0.1) is 5.92 Å². The van der Waals surface area contributed by atoms with E-state index in [0.29, 0.717) is 5.92 Å². The molecular formula is C12H18O3S. The van der Waals surface area contributed by atoms with Gasteiger partial charge in [0.05, 0.1) is 5.25 Å². The predicted molar refractivity (Wildman–Crippen MR) is 66.0 cm³/mol. The molecule has 1 N–H and O–H groups in total. The maximum Gasteiger partial charge on any atom is 0.371 e. The maximum absolute atomic E-state index is 10.6. The molecule has 0 aliphatic heterocycles. The molecule has 4 heteroatoms. The minimum absolute atomic E-state index is 0.0197.